The number of anilines is 1. The average Bonchev–Trinajstić information content (AvgIpc) is 2.82. The first-order valence-corrected chi connectivity index (χ1v) is 6.19. The summed E-state index contributed by atoms with van der Waals surface area (Å²) in [5.41, 5.74) is 8.11. The third-order valence-electron chi connectivity index (χ3n) is 3.36. The van der Waals surface area contributed by atoms with Gasteiger partial charge >= 0.3 is 5.97 Å². The minimum atomic E-state index is -0.868. The molecule has 3 rings (SSSR count). The molecular weight excluding hydrogens is 258 g/mol. The van der Waals surface area contributed by atoms with Crippen LogP contribution in [0.2, 0.25) is 0 Å². The van der Waals surface area contributed by atoms with Crippen molar-refractivity contribution in [1.29, 1.82) is 0 Å². The van der Waals surface area contributed by atoms with Crippen molar-refractivity contribution < 1.29 is 9.90 Å². The van der Waals surface area contributed by atoms with E-state index in [1.807, 2.05) is 0 Å². The van der Waals surface area contributed by atoms with Crippen LogP contribution in [0.1, 0.15) is 12.0 Å². The highest BCUT2D eigenvalue weighted by Gasteiger charge is 2.12. The molecule has 0 bridgehead atoms. The Labute approximate surface area is 113 Å². The number of nitrogens with one attached hydrogen (secondary N) is 2. The van der Waals surface area contributed by atoms with E-state index < -0.39 is 5.97 Å². The van der Waals surface area contributed by atoms with E-state index in [1.165, 1.54) is 0 Å². The maximum atomic E-state index is 12.0. The van der Waals surface area contributed by atoms with Crippen molar-refractivity contribution in [2.75, 3.05) is 5.73 Å². The van der Waals surface area contributed by atoms with Crippen LogP contribution in [0.15, 0.2) is 29.2 Å². The molecule has 0 fully saturated rings. The van der Waals surface area contributed by atoms with Gasteiger partial charge in [0, 0.05) is 34.6 Å². The maximum absolute atomic E-state index is 12.0. The zero-order valence-corrected chi connectivity index (χ0v) is 10.6. The predicted molar refractivity (Wildman–Crippen MR) is 76.8 cm³/mol. The lowest BCUT2D eigenvalue weighted by Gasteiger charge is -2.04. The lowest BCUT2D eigenvalue weighted by molar-refractivity contribution is -0.136. The molecule has 20 heavy (non-hydrogen) atoms. The number of rotatable bonds is 3. The lowest BCUT2D eigenvalue weighted by Crippen LogP contribution is -2.06. The van der Waals surface area contributed by atoms with E-state index in [0.717, 1.165) is 16.3 Å². The minimum absolute atomic E-state index is 0.0174. The molecule has 3 aromatic rings. The van der Waals surface area contributed by atoms with E-state index in [2.05, 4.69) is 9.97 Å². The van der Waals surface area contributed by atoms with Crippen LogP contribution in [0.5, 0.6) is 0 Å². The largest absolute Gasteiger partial charge is 0.481 e. The Morgan fingerprint density at radius 3 is 2.90 bits per heavy atom. The maximum Gasteiger partial charge on any atom is 0.303 e. The van der Waals surface area contributed by atoms with Crippen molar-refractivity contribution >= 4 is 33.5 Å². The quantitative estimate of drug-likeness (QED) is 0.542. The van der Waals surface area contributed by atoms with E-state index in [9.17, 15) is 9.59 Å². The van der Waals surface area contributed by atoms with E-state index in [0.29, 0.717) is 23.1 Å². The number of carboxylic acid groups (broad SMARTS) is 1. The Kier molecular flexibility index (Phi) is 2.71. The van der Waals surface area contributed by atoms with Crippen LogP contribution in [0.3, 0.4) is 0 Å². The second kappa shape index (κ2) is 4.41. The molecule has 0 atom stereocenters. The summed E-state index contributed by atoms with van der Waals surface area (Å²) in [6.45, 7) is 0. The standard InChI is InChI=1S/C14H13N3O3/c15-8-2-3-10-9(5-8)12-7(1-4-11(18)19)6-16-13(12)14(20)17-10/h2-3,5-6,16H,1,4,15H2,(H,17,20)(H,18,19). The number of H-pyrrole nitrogens is 2. The molecule has 0 amide bonds. The molecule has 102 valence electrons. The molecule has 0 aliphatic rings. The number of nitrogens with two attached hydrogens (primary N) is 1. The van der Waals surface area contributed by atoms with Gasteiger partial charge in [-0.1, -0.05) is 0 Å². The van der Waals surface area contributed by atoms with Gasteiger partial charge in [-0.15, -0.1) is 0 Å². The van der Waals surface area contributed by atoms with Crippen molar-refractivity contribution in [3.8, 4) is 0 Å². The van der Waals surface area contributed by atoms with Crippen LogP contribution < -0.4 is 11.3 Å². The predicted octanol–water partition coefficient (Wildman–Crippen LogP) is 1.61. The smallest absolute Gasteiger partial charge is 0.303 e. The number of nitrogen functional groups attached to an aromatic ring is 1. The fourth-order valence-corrected chi connectivity index (χ4v) is 2.45. The number of aromatic nitrogens is 2. The summed E-state index contributed by atoms with van der Waals surface area (Å²) >= 11 is 0. The summed E-state index contributed by atoms with van der Waals surface area (Å²) in [4.78, 5) is 28.4. The first-order chi connectivity index (χ1) is 9.56. The SMILES string of the molecule is Nc1ccc2[nH]c(=O)c3[nH]cc(CCC(=O)O)c3c2c1. The van der Waals surface area contributed by atoms with Gasteiger partial charge in [0.25, 0.3) is 5.56 Å². The number of aromatic amines is 2. The summed E-state index contributed by atoms with van der Waals surface area (Å²) in [5, 5.41) is 10.4. The molecule has 0 aliphatic heterocycles. The van der Waals surface area contributed by atoms with Crippen LogP contribution in [-0.4, -0.2) is 21.0 Å². The molecule has 5 N–H and O–H groups in total. The second-order valence-electron chi connectivity index (χ2n) is 4.72. The number of benzene rings is 1. The number of aliphatic carboxylic acids is 1. The van der Waals surface area contributed by atoms with Crippen LogP contribution in [0, 0.1) is 0 Å². The third kappa shape index (κ3) is 1.91. The summed E-state index contributed by atoms with van der Waals surface area (Å²) < 4.78 is 0. The van der Waals surface area contributed by atoms with Crippen molar-refractivity contribution in [3.05, 3.63) is 40.3 Å². The van der Waals surface area contributed by atoms with Gasteiger partial charge < -0.3 is 20.8 Å². The van der Waals surface area contributed by atoms with E-state index in [4.69, 9.17) is 10.8 Å². The first kappa shape index (κ1) is 12.3. The Balaban J connectivity index is 2.32. The van der Waals surface area contributed by atoms with Gasteiger partial charge in [-0.25, -0.2) is 0 Å². The number of aryl methyl sites for hydroxylation is 1. The van der Waals surface area contributed by atoms with Crippen LogP contribution in [0.25, 0.3) is 21.8 Å². The van der Waals surface area contributed by atoms with E-state index >= 15 is 0 Å². The molecule has 1 aromatic carbocycles. The van der Waals surface area contributed by atoms with Crippen molar-refractivity contribution in [2.24, 2.45) is 0 Å². The Bertz CT molecular complexity index is 876. The number of carbonyl (C=O) groups is 1. The van der Waals surface area contributed by atoms with Crippen molar-refractivity contribution in [1.82, 2.24) is 9.97 Å². The summed E-state index contributed by atoms with van der Waals surface area (Å²) in [6, 6.07) is 5.25. The number of hydrogen-bond acceptors (Lipinski definition) is 3. The lowest BCUT2D eigenvalue weighted by atomic mass is 10.0. The molecule has 0 aliphatic carbocycles. The molecule has 2 aromatic heterocycles. The molecule has 2 heterocycles. The van der Waals surface area contributed by atoms with Gasteiger partial charge in [0.05, 0.1) is 0 Å². The van der Waals surface area contributed by atoms with Crippen LogP contribution >= 0.6 is 0 Å². The van der Waals surface area contributed by atoms with Gasteiger partial charge in [-0.3, -0.25) is 9.59 Å². The number of pyridine rings is 1. The molecular formula is C14H13N3O3. The highest BCUT2D eigenvalue weighted by molar-refractivity contribution is 6.07. The Morgan fingerprint density at radius 1 is 1.35 bits per heavy atom. The second-order valence-corrected chi connectivity index (χ2v) is 4.72. The third-order valence-corrected chi connectivity index (χ3v) is 3.36. The van der Waals surface area contributed by atoms with Crippen LogP contribution in [-0.2, 0) is 11.2 Å². The van der Waals surface area contributed by atoms with E-state index in [-0.39, 0.29) is 12.0 Å². The Hall–Kier alpha value is -2.76. The zero-order valence-electron chi connectivity index (χ0n) is 10.6. The van der Waals surface area contributed by atoms with Gasteiger partial charge in [-0.2, -0.15) is 0 Å². The first-order valence-electron chi connectivity index (χ1n) is 6.19. The minimum Gasteiger partial charge on any atom is -0.481 e. The van der Waals surface area contributed by atoms with Crippen LogP contribution in [0.4, 0.5) is 5.69 Å². The van der Waals surface area contributed by atoms with Gasteiger partial charge in [0.2, 0.25) is 0 Å². The highest BCUT2D eigenvalue weighted by atomic mass is 16.4. The molecule has 0 unspecified atom stereocenters. The van der Waals surface area contributed by atoms with Crippen molar-refractivity contribution in [2.45, 2.75) is 12.8 Å². The Morgan fingerprint density at radius 2 is 2.15 bits per heavy atom. The molecule has 0 spiro atoms. The molecule has 0 saturated carbocycles. The summed E-state index contributed by atoms with van der Waals surface area (Å²) in [7, 11) is 0. The molecule has 0 saturated heterocycles. The van der Waals surface area contributed by atoms with Gasteiger partial charge in [0.1, 0.15) is 5.52 Å². The summed E-state index contributed by atoms with van der Waals surface area (Å²) in [5.74, 6) is -0.868. The molecule has 6 nitrogen and oxygen atoms in total. The van der Waals surface area contributed by atoms with E-state index in [1.54, 1.807) is 24.4 Å². The average molecular weight is 271 g/mol. The number of hydrogen-bond donors (Lipinski definition) is 4. The zero-order chi connectivity index (χ0) is 14.3. The highest BCUT2D eigenvalue weighted by Crippen LogP contribution is 2.26. The molecule has 0 radical (unpaired) electrons. The molecule has 6 heteroatoms. The summed E-state index contributed by atoms with van der Waals surface area (Å²) in [6.07, 6.45) is 2.07. The number of fused-ring (bicyclic) bond motifs is 3. The van der Waals surface area contributed by atoms with Gasteiger partial charge in [0.15, 0.2) is 0 Å². The monoisotopic (exact) mass is 271 g/mol. The van der Waals surface area contributed by atoms with Crippen molar-refractivity contribution in [3.63, 3.8) is 0 Å². The fraction of sp³-hybridized carbons (Fsp3) is 0.143. The fourth-order valence-electron chi connectivity index (χ4n) is 2.45. The normalized spacial score (nSPS) is 11.2. The number of carboxylic acids is 1. The topological polar surface area (TPSA) is 112 Å². The van der Waals surface area contributed by atoms with Gasteiger partial charge in [-0.05, 0) is 30.2 Å².